The Kier molecular flexibility index (Phi) is 5.93. The van der Waals surface area contributed by atoms with Gasteiger partial charge in [-0.05, 0) is 55.7 Å². The lowest BCUT2D eigenvalue weighted by molar-refractivity contribution is 0.208. The zero-order valence-corrected chi connectivity index (χ0v) is 17.2. The third kappa shape index (κ3) is 4.14. The van der Waals surface area contributed by atoms with E-state index in [1.807, 2.05) is 49.9 Å². The minimum Gasteiger partial charge on any atom is -0.495 e. The van der Waals surface area contributed by atoms with Crippen LogP contribution in [0.2, 0.25) is 0 Å². The van der Waals surface area contributed by atoms with E-state index in [4.69, 9.17) is 4.74 Å². The van der Waals surface area contributed by atoms with Crippen LogP contribution >= 0.6 is 0 Å². The first-order chi connectivity index (χ1) is 13.4. The van der Waals surface area contributed by atoms with E-state index in [0.29, 0.717) is 24.5 Å². The van der Waals surface area contributed by atoms with Crippen LogP contribution in [0.4, 0.5) is 16.2 Å². The lowest BCUT2D eigenvalue weighted by Gasteiger charge is -2.37. The monoisotopic (exact) mass is 379 g/mol. The number of carbonyl (C=O) groups is 1. The Hall–Kier alpha value is -2.95. The van der Waals surface area contributed by atoms with Gasteiger partial charge in [-0.3, -0.25) is 0 Å². The Labute approximate surface area is 167 Å². The Morgan fingerprint density at radius 2 is 1.71 bits per heavy atom. The van der Waals surface area contributed by atoms with Gasteiger partial charge in [-0.25, -0.2) is 4.79 Å². The van der Waals surface area contributed by atoms with Gasteiger partial charge in [-0.15, -0.1) is 0 Å². The molecule has 5 nitrogen and oxygen atoms in total. The molecule has 1 N–H and O–H groups in total. The van der Waals surface area contributed by atoms with Gasteiger partial charge in [-0.2, -0.15) is 0 Å². The van der Waals surface area contributed by atoms with E-state index in [1.54, 1.807) is 7.11 Å². The Balaban J connectivity index is 1.67. The highest BCUT2D eigenvalue weighted by Crippen LogP contribution is 2.29. The van der Waals surface area contributed by atoms with Gasteiger partial charge in [0.15, 0.2) is 0 Å². The summed E-state index contributed by atoms with van der Waals surface area (Å²) in [7, 11) is 1.62. The van der Waals surface area contributed by atoms with Crippen molar-refractivity contribution in [3.63, 3.8) is 0 Å². The number of allylic oxidation sites excluding steroid dienone is 1. The average Bonchev–Trinajstić information content (AvgIpc) is 2.70. The Bertz CT molecular complexity index is 883. The molecular weight excluding hydrogens is 350 g/mol. The summed E-state index contributed by atoms with van der Waals surface area (Å²) in [5, 5.41) is 3.01. The number of ether oxygens (including phenoxy) is 1. The molecular formula is C23H29N3O2. The Morgan fingerprint density at radius 3 is 2.36 bits per heavy atom. The molecule has 1 heterocycles. The van der Waals surface area contributed by atoms with Crippen LogP contribution in [0.15, 0.2) is 43.0 Å². The van der Waals surface area contributed by atoms with Crippen molar-refractivity contribution >= 4 is 23.0 Å². The molecule has 3 rings (SSSR count). The van der Waals surface area contributed by atoms with E-state index in [2.05, 4.69) is 28.9 Å². The molecule has 1 aliphatic rings. The van der Waals surface area contributed by atoms with Gasteiger partial charge in [0.1, 0.15) is 5.75 Å². The van der Waals surface area contributed by atoms with Gasteiger partial charge in [0.25, 0.3) is 0 Å². The molecule has 0 radical (unpaired) electrons. The van der Waals surface area contributed by atoms with Crippen molar-refractivity contribution in [3.8, 4) is 5.75 Å². The number of hydrogen-bond acceptors (Lipinski definition) is 3. The Morgan fingerprint density at radius 1 is 1.07 bits per heavy atom. The van der Waals surface area contributed by atoms with Gasteiger partial charge < -0.3 is 19.9 Å². The maximum atomic E-state index is 12.8. The molecule has 0 spiro atoms. The number of anilines is 2. The molecule has 0 aromatic heterocycles. The summed E-state index contributed by atoms with van der Waals surface area (Å²) in [5.41, 5.74) is 6.38. The summed E-state index contributed by atoms with van der Waals surface area (Å²) in [6.45, 7) is 13.1. The van der Waals surface area contributed by atoms with Crippen LogP contribution in [0.25, 0.3) is 5.57 Å². The smallest absolute Gasteiger partial charge is 0.322 e. The number of para-hydroxylation sites is 1. The van der Waals surface area contributed by atoms with E-state index < -0.39 is 0 Å². The van der Waals surface area contributed by atoms with E-state index >= 15 is 0 Å². The lowest BCUT2D eigenvalue weighted by Crippen LogP contribution is -2.50. The highest BCUT2D eigenvalue weighted by Gasteiger charge is 2.23. The maximum absolute atomic E-state index is 12.8. The molecule has 0 saturated carbocycles. The number of carbonyl (C=O) groups excluding carboxylic acids is 1. The van der Waals surface area contributed by atoms with Gasteiger partial charge in [-0.1, -0.05) is 24.8 Å². The normalized spacial score (nSPS) is 14.0. The number of rotatable bonds is 4. The maximum Gasteiger partial charge on any atom is 0.322 e. The number of nitrogens with one attached hydrogen (secondary N) is 1. The third-order valence-electron chi connectivity index (χ3n) is 5.33. The number of benzene rings is 2. The minimum absolute atomic E-state index is 0.0885. The van der Waals surface area contributed by atoms with Crippen molar-refractivity contribution in [2.75, 3.05) is 43.5 Å². The number of urea groups is 1. The predicted octanol–water partition coefficient (Wildman–Crippen LogP) is 4.70. The fourth-order valence-corrected chi connectivity index (χ4v) is 3.51. The van der Waals surface area contributed by atoms with Crippen LogP contribution in [0.3, 0.4) is 0 Å². The number of nitrogens with zero attached hydrogens (tertiary/aromatic N) is 2. The second-order valence-electron chi connectivity index (χ2n) is 7.34. The lowest BCUT2D eigenvalue weighted by atomic mass is 10.1. The van der Waals surface area contributed by atoms with E-state index in [0.717, 1.165) is 29.8 Å². The molecule has 2 amide bonds. The molecule has 0 aliphatic carbocycles. The van der Waals surface area contributed by atoms with Crippen LogP contribution in [-0.4, -0.2) is 44.2 Å². The summed E-state index contributed by atoms with van der Waals surface area (Å²) in [6, 6.07) is 12.1. The summed E-state index contributed by atoms with van der Waals surface area (Å²) >= 11 is 0. The SMILES string of the molecule is C=C(C)c1ccccc1N1CCN(C(=O)Nc2cc(C)c(C)cc2OC)CC1. The summed E-state index contributed by atoms with van der Waals surface area (Å²) in [5.74, 6) is 0.686. The van der Waals surface area contributed by atoms with Gasteiger partial charge >= 0.3 is 6.03 Å². The largest absolute Gasteiger partial charge is 0.495 e. The predicted molar refractivity (Wildman–Crippen MR) is 116 cm³/mol. The van der Waals surface area contributed by atoms with E-state index in [1.165, 1.54) is 11.3 Å². The highest BCUT2D eigenvalue weighted by atomic mass is 16.5. The van der Waals surface area contributed by atoms with Crippen LogP contribution in [0.1, 0.15) is 23.6 Å². The van der Waals surface area contributed by atoms with Crippen molar-refractivity contribution in [3.05, 3.63) is 59.7 Å². The molecule has 28 heavy (non-hydrogen) atoms. The standard InChI is InChI=1S/C23H29N3O2/c1-16(2)19-8-6-7-9-21(19)25-10-12-26(13-11-25)23(27)24-20-14-17(3)18(4)15-22(20)28-5/h6-9,14-15H,1,10-13H2,2-5H3,(H,24,27). The third-order valence-corrected chi connectivity index (χ3v) is 5.33. The average molecular weight is 380 g/mol. The van der Waals surface area contributed by atoms with Gasteiger partial charge in [0.2, 0.25) is 0 Å². The van der Waals surface area contributed by atoms with Crippen molar-refractivity contribution in [2.24, 2.45) is 0 Å². The second-order valence-corrected chi connectivity index (χ2v) is 7.34. The molecule has 2 aromatic rings. The van der Waals surface area contributed by atoms with Crippen molar-refractivity contribution in [2.45, 2.75) is 20.8 Å². The molecule has 0 atom stereocenters. The molecule has 148 valence electrons. The fourth-order valence-electron chi connectivity index (χ4n) is 3.51. The molecule has 5 heteroatoms. The molecule has 1 saturated heterocycles. The van der Waals surface area contributed by atoms with Crippen molar-refractivity contribution in [1.29, 1.82) is 0 Å². The molecule has 1 aliphatic heterocycles. The number of piperazine rings is 1. The van der Waals surface area contributed by atoms with Crippen LogP contribution in [0, 0.1) is 13.8 Å². The first kappa shape index (κ1) is 19.8. The van der Waals surface area contributed by atoms with Crippen molar-refractivity contribution in [1.82, 2.24) is 4.90 Å². The molecule has 0 bridgehead atoms. The second kappa shape index (κ2) is 8.38. The number of hydrogen-bond donors (Lipinski definition) is 1. The first-order valence-electron chi connectivity index (χ1n) is 9.61. The number of methoxy groups -OCH3 is 1. The number of aryl methyl sites for hydroxylation is 2. The quantitative estimate of drug-likeness (QED) is 0.837. The summed E-state index contributed by atoms with van der Waals surface area (Å²) in [6.07, 6.45) is 0. The minimum atomic E-state index is -0.0885. The van der Waals surface area contributed by atoms with Crippen LogP contribution < -0.4 is 15.0 Å². The van der Waals surface area contributed by atoms with Gasteiger partial charge in [0, 0.05) is 37.4 Å². The van der Waals surface area contributed by atoms with Gasteiger partial charge in [0.05, 0.1) is 12.8 Å². The fraction of sp³-hybridized carbons (Fsp3) is 0.348. The summed E-state index contributed by atoms with van der Waals surface area (Å²) < 4.78 is 5.43. The number of amides is 2. The molecule has 2 aromatic carbocycles. The van der Waals surface area contributed by atoms with E-state index in [9.17, 15) is 4.79 Å². The first-order valence-corrected chi connectivity index (χ1v) is 9.61. The van der Waals surface area contributed by atoms with E-state index in [-0.39, 0.29) is 6.03 Å². The summed E-state index contributed by atoms with van der Waals surface area (Å²) in [4.78, 5) is 17.0. The topological polar surface area (TPSA) is 44.8 Å². The van der Waals surface area contributed by atoms with Crippen LogP contribution in [-0.2, 0) is 0 Å². The molecule has 1 fully saturated rings. The zero-order valence-electron chi connectivity index (χ0n) is 17.2. The van der Waals surface area contributed by atoms with Crippen molar-refractivity contribution < 1.29 is 9.53 Å². The van der Waals surface area contributed by atoms with Crippen LogP contribution in [0.5, 0.6) is 5.75 Å². The molecule has 0 unspecified atom stereocenters. The highest BCUT2D eigenvalue weighted by molar-refractivity contribution is 5.91. The zero-order chi connectivity index (χ0) is 20.3.